The van der Waals surface area contributed by atoms with E-state index in [0.29, 0.717) is 0 Å². The maximum absolute atomic E-state index is 4.62. The third-order valence-electron chi connectivity index (χ3n) is 3.04. The summed E-state index contributed by atoms with van der Waals surface area (Å²) in [5.41, 5.74) is 3.92. The number of benzene rings is 1. The Kier molecular flexibility index (Phi) is 2.97. The molecule has 96 valence electrons. The minimum Gasteiger partial charge on any atom is -0.314 e. The average molecular weight is 253 g/mol. The van der Waals surface area contributed by atoms with Gasteiger partial charge in [0.2, 0.25) is 0 Å². The summed E-state index contributed by atoms with van der Waals surface area (Å²) in [5, 5.41) is 12.4. The Balaban J connectivity index is 2.24. The van der Waals surface area contributed by atoms with Gasteiger partial charge in [0.05, 0.1) is 23.1 Å². The van der Waals surface area contributed by atoms with Gasteiger partial charge in [0.1, 0.15) is 0 Å². The number of hydrogen-bond acceptors (Lipinski definition) is 4. The first-order valence-corrected chi connectivity index (χ1v) is 6.20. The van der Waals surface area contributed by atoms with E-state index in [4.69, 9.17) is 0 Å². The quantitative estimate of drug-likeness (QED) is 0.774. The van der Waals surface area contributed by atoms with Gasteiger partial charge < -0.3 is 5.32 Å². The molecule has 2 aromatic heterocycles. The molecule has 0 saturated heterocycles. The summed E-state index contributed by atoms with van der Waals surface area (Å²) in [4.78, 5) is 4.62. The van der Waals surface area contributed by atoms with E-state index in [2.05, 4.69) is 32.7 Å². The van der Waals surface area contributed by atoms with Crippen LogP contribution in [0.2, 0.25) is 0 Å². The van der Waals surface area contributed by atoms with Crippen molar-refractivity contribution >= 4 is 10.9 Å². The largest absolute Gasteiger partial charge is 0.314 e. The van der Waals surface area contributed by atoms with Gasteiger partial charge in [-0.15, -0.1) is 5.10 Å². The van der Waals surface area contributed by atoms with Crippen LogP contribution in [0.5, 0.6) is 0 Å². The van der Waals surface area contributed by atoms with Gasteiger partial charge in [-0.3, -0.25) is 4.98 Å². The molecule has 3 aromatic rings. The lowest BCUT2D eigenvalue weighted by Crippen LogP contribution is -2.11. The Labute approximate surface area is 111 Å². The van der Waals surface area contributed by atoms with Crippen LogP contribution in [0.3, 0.4) is 0 Å². The molecule has 1 N–H and O–H groups in total. The number of pyridine rings is 1. The molecule has 0 aliphatic heterocycles. The van der Waals surface area contributed by atoms with E-state index in [1.807, 2.05) is 36.9 Å². The maximum atomic E-state index is 4.62. The first kappa shape index (κ1) is 11.8. The van der Waals surface area contributed by atoms with E-state index >= 15 is 0 Å². The minimum absolute atomic E-state index is 0.717. The predicted octanol–water partition coefficient (Wildman–Crippen LogP) is 1.84. The van der Waals surface area contributed by atoms with Crippen LogP contribution in [-0.2, 0) is 6.54 Å². The Morgan fingerprint density at radius 2 is 2.11 bits per heavy atom. The molecule has 19 heavy (non-hydrogen) atoms. The van der Waals surface area contributed by atoms with Crippen molar-refractivity contribution in [2.75, 3.05) is 7.05 Å². The van der Waals surface area contributed by atoms with Gasteiger partial charge in [0.15, 0.2) is 0 Å². The van der Waals surface area contributed by atoms with E-state index < -0.39 is 0 Å². The van der Waals surface area contributed by atoms with Crippen molar-refractivity contribution in [2.24, 2.45) is 0 Å². The molecule has 0 amide bonds. The van der Waals surface area contributed by atoms with Crippen LogP contribution in [0, 0.1) is 6.92 Å². The molecule has 0 spiro atoms. The smallest absolute Gasteiger partial charge is 0.0962 e. The molecule has 0 aliphatic rings. The lowest BCUT2D eigenvalue weighted by Gasteiger charge is -2.09. The molecule has 3 rings (SSSR count). The number of hydrogen-bond donors (Lipinski definition) is 1. The third kappa shape index (κ3) is 2.08. The molecule has 0 unspecified atom stereocenters. The molecule has 5 nitrogen and oxygen atoms in total. The van der Waals surface area contributed by atoms with Crippen LogP contribution >= 0.6 is 0 Å². The van der Waals surface area contributed by atoms with Crippen LogP contribution in [0.25, 0.3) is 16.6 Å². The van der Waals surface area contributed by atoms with Crippen molar-refractivity contribution in [1.82, 2.24) is 25.3 Å². The minimum atomic E-state index is 0.717. The Hall–Kier alpha value is -2.27. The van der Waals surface area contributed by atoms with Gasteiger partial charge in [-0.05, 0) is 26.1 Å². The Morgan fingerprint density at radius 3 is 2.95 bits per heavy atom. The second kappa shape index (κ2) is 4.78. The molecule has 0 saturated carbocycles. The Morgan fingerprint density at radius 1 is 1.21 bits per heavy atom. The Bertz CT molecular complexity index is 717. The molecule has 1 aromatic carbocycles. The van der Waals surface area contributed by atoms with E-state index in [-0.39, 0.29) is 0 Å². The van der Waals surface area contributed by atoms with Crippen LogP contribution < -0.4 is 5.32 Å². The van der Waals surface area contributed by atoms with Gasteiger partial charge in [-0.25, -0.2) is 4.68 Å². The highest BCUT2D eigenvalue weighted by molar-refractivity contribution is 5.86. The molecular formula is C14H15N5. The van der Waals surface area contributed by atoms with Gasteiger partial charge in [0.25, 0.3) is 0 Å². The monoisotopic (exact) mass is 253 g/mol. The SMILES string of the molecule is CNCc1cnnn1-c1cccc2ccc(C)nc12. The number of rotatable bonds is 3. The van der Waals surface area contributed by atoms with Crippen LogP contribution in [-0.4, -0.2) is 27.0 Å². The lowest BCUT2D eigenvalue weighted by molar-refractivity contribution is 0.716. The van der Waals surface area contributed by atoms with Crippen molar-refractivity contribution in [3.8, 4) is 5.69 Å². The standard InChI is InChI=1S/C14H15N5/c1-10-6-7-11-4-3-5-13(14(11)17-10)19-12(8-15-2)9-16-18-19/h3-7,9,15H,8H2,1-2H3. The highest BCUT2D eigenvalue weighted by Crippen LogP contribution is 2.21. The highest BCUT2D eigenvalue weighted by atomic mass is 15.4. The zero-order valence-corrected chi connectivity index (χ0v) is 11.0. The van der Waals surface area contributed by atoms with Crippen LogP contribution in [0.15, 0.2) is 36.5 Å². The summed E-state index contributed by atoms with van der Waals surface area (Å²) in [7, 11) is 1.91. The van der Waals surface area contributed by atoms with Gasteiger partial charge in [-0.2, -0.15) is 0 Å². The van der Waals surface area contributed by atoms with Crippen molar-refractivity contribution in [2.45, 2.75) is 13.5 Å². The summed E-state index contributed by atoms with van der Waals surface area (Å²) < 4.78 is 1.84. The molecule has 0 radical (unpaired) electrons. The fourth-order valence-electron chi connectivity index (χ4n) is 2.16. The van der Waals surface area contributed by atoms with Crippen molar-refractivity contribution in [3.05, 3.63) is 47.9 Å². The summed E-state index contributed by atoms with van der Waals surface area (Å²) in [6, 6.07) is 10.2. The van der Waals surface area contributed by atoms with E-state index in [1.165, 1.54) is 0 Å². The van der Waals surface area contributed by atoms with Gasteiger partial charge in [0, 0.05) is 17.6 Å². The number of nitrogens with one attached hydrogen (secondary N) is 1. The first-order chi connectivity index (χ1) is 9.29. The summed E-state index contributed by atoms with van der Waals surface area (Å²) in [6.45, 7) is 2.71. The number of para-hydroxylation sites is 1. The second-order valence-corrected chi connectivity index (χ2v) is 4.47. The molecular weight excluding hydrogens is 238 g/mol. The molecule has 2 heterocycles. The topological polar surface area (TPSA) is 55.6 Å². The summed E-state index contributed by atoms with van der Waals surface area (Å²) >= 11 is 0. The lowest BCUT2D eigenvalue weighted by atomic mass is 10.1. The van der Waals surface area contributed by atoms with Gasteiger partial charge >= 0.3 is 0 Å². The normalized spacial score (nSPS) is 11.1. The summed E-state index contributed by atoms with van der Waals surface area (Å²) in [6.07, 6.45) is 1.77. The zero-order chi connectivity index (χ0) is 13.2. The molecule has 0 bridgehead atoms. The summed E-state index contributed by atoms with van der Waals surface area (Å²) in [5.74, 6) is 0. The van der Waals surface area contributed by atoms with Crippen molar-refractivity contribution in [3.63, 3.8) is 0 Å². The predicted molar refractivity (Wildman–Crippen MR) is 74.2 cm³/mol. The van der Waals surface area contributed by atoms with E-state index in [0.717, 1.165) is 34.5 Å². The van der Waals surface area contributed by atoms with Crippen molar-refractivity contribution < 1.29 is 0 Å². The fourth-order valence-corrected chi connectivity index (χ4v) is 2.16. The second-order valence-electron chi connectivity index (χ2n) is 4.47. The first-order valence-electron chi connectivity index (χ1n) is 6.20. The third-order valence-corrected chi connectivity index (χ3v) is 3.04. The number of nitrogens with zero attached hydrogens (tertiary/aromatic N) is 4. The van der Waals surface area contributed by atoms with Gasteiger partial charge in [-0.1, -0.05) is 23.4 Å². The van der Waals surface area contributed by atoms with Crippen molar-refractivity contribution in [1.29, 1.82) is 0 Å². The molecule has 0 fully saturated rings. The number of aromatic nitrogens is 4. The number of fused-ring (bicyclic) bond motifs is 1. The molecule has 0 aliphatic carbocycles. The van der Waals surface area contributed by atoms with Crippen LogP contribution in [0.1, 0.15) is 11.4 Å². The zero-order valence-electron chi connectivity index (χ0n) is 11.0. The molecule has 0 atom stereocenters. The fraction of sp³-hybridized carbons (Fsp3) is 0.214. The van der Waals surface area contributed by atoms with E-state index in [9.17, 15) is 0 Å². The highest BCUT2D eigenvalue weighted by Gasteiger charge is 2.10. The molecule has 5 heteroatoms. The number of aryl methyl sites for hydroxylation is 1. The van der Waals surface area contributed by atoms with Crippen LogP contribution in [0.4, 0.5) is 0 Å². The maximum Gasteiger partial charge on any atom is 0.0962 e. The average Bonchev–Trinajstić information content (AvgIpc) is 2.86. The van der Waals surface area contributed by atoms with E-state index in [1.54, 1.807) is 6.20 Å².